The normalized spacial score (nSPS) is 13.2. The van der Waals surface area contributed by atoms with Crippen LogP contribution in [0.4, 0.5) is 0 Å². The zero-order chi connectivity index (χ0) is 16.8. The van der Waals surface area contributed by atoms with Crippen molar-refractivity contribution in [3.63, 3.8) is 0 Å². The van der Waals surface area contributed by atoms with Gasteiger partial charge in [0.15, 0.2) is 11.5 Å². The molecule has 126 valence electrons. The molecule has 0 bridgehead atoms. The monoisotopic (exact) mass is 311 g/mol. The molecule has 6 heteroatoms. The summed E-state index contributed by atoms with van der Waals surface area (Å²) in [5.74, 6) is 0.0637. The van der Waals surface area contributed by atoms with Crippen molar-refractivity contribution in [1.29, 1.82) is 0 Å². The molecule has 0 saturated carbocycles. The lowest BCUT2D eigenvalue weighted by atomic mass is 9.85. The predicted molar refractivity (Wildman–Crippen MR) is 85.6 cm³/mol. The average Bonchev–Trinajstić information content (AvgIpc) is 2.86. The summed E-state index contributed by atoms with van der Waals surface area (Å²) in [6, 6.07) is 0.283. The second-order valence-corrected chi connectivity index (χ2v) is 6.44. The van der Waals surface area contributed by atoms with Gasteiger partial charge in [-0.05, 0) is 32.2 Å². The molecule has 0 aliphatic carbocycles. The van der Waals surface area contributed by atoms with Crippen molar-refractivity contribution in [1.82, 2.24) is 15.8 Å². The molecule has 1 atom stereocenters. The van der Waals surface area contributed by atoms with E-state index in [1.165, 1.54) is 0 Å². The van der Waals surface area contributed by atoms with E-state index in [0.29, 0.717) is 17.9 Å². The SMILES string of the molecule is CCCCNC(C)C(C)(C)CNC(=O)c1noc(CO)c1C. The summed E-state index contributed by atoms with van der Waals surface area (Å²) < 4.78 is 4.94. The Balaban J connectivity index is 2.56. The van der Waals surface area contributed by atoms with E-state index < -0.39 is 0 Å². The van der Waals surface area contributed by atoms with E-state index in [1.807, 2.05) is 0 Å². The van der Waals surface area contributed by atoms with Crippen LogP contribution in [0.1, 0.15) is 62.3 Å². The molecule has 0 aliphatic rings. The third-order valence-electron chi connectivity index (χ3n) is 4.24. The summed E-state index contributed by atoms with van der Waals surface area (Å²) in [5, 5.41) is 19.2. The summed E-state index contributed by atoms with van der Waals surface area (Å²) in [5.41, 5.74) is 0.749. The minimum absolute atomic E-state index is 0.0825. The number of rotatable bonds is 9. The first-order valence-electron chi connectivity index (χ1n) is 7.91. The Kier molecular flexibility index (Phi) is 7.03. The van der Waals surface area contributed by atoms with Gasteiger partial charge in [-0.1, -0.05) is 32.3 Å². The molecule has 1 rings (SSSR count). The molecule has 1 amide bonds. The second-order valence-electron chi connectivity index (χ2n) is 6.44. The maximum absolute atomic E-state index is 12.2. The molecule has 1 unspecified atom stereocenters. The maximum atomic E-state index is 12.2. The fourth-order valence-electron chi connectivity index (χ4n) is 2.05. The highest BCUT2D eigenvalue weighted by atomic mass is 16.5. The van der Waals surface area contributed by atoms with E-state index in [4.69, 9.17) is 9.63 Å². The fourth-order valence-corrected chi connectivity index (χ4v) is 2.05. The van der Waals surface area contributed by atoms with Gasteiger partial charge in [0.05, 0.1) is 0 Å². The van der Waals surface area contributed by atoms with Crippen molar-refractivity contribution >= 4 is 5.91 Å². The van der Waals surface area contributed by atoms with Crippen molar-refractivity contribution < 1.29 is 14.4 Å². The molecule has 0 aromatic carbocycles. The quantitative estimate of drug-likeness (QED) is 0.607. The van der Waals surface area contributed by atoms with Gasteiger partial charge in [-0.2, -0.15) is 0 Å². The summed E-state index contributed by atoms with van der Waals surface area (Å²) in [6.07, 6.45) is 2.31. The number of nitrogens with one attached hydrogen (secondary N) is 2. The summed E-state index contributed by atoms with van der Waals surface area (Å²) in [6.45, 7) is 11.5. The molecule has 1 aromatic rings. The lowest BCUT2D eigenvalue weighted by Crippen LogP contribution is -2.47. The van der Waals surface area contributed by atoms with Crippen LogP contribution in [0.25, 0.3) is 0 Å². The maximum Gasteiger partial charge on any atom is 0.273 e. The lowest BCUT2D eigenvalue weighted by molar-refractivity contribution is 0.0918. The first kappa shape index (κ1) is 18.6. The van der Waals surface area contributed by atoms with Crippen molar-refractivity contribution in [2.24, 2.45) is 5.41 Å². The number of nitrogens with zero attached hydrogens (tertiary/aromatic N) is 1. The lowest BCUT2D eigenvalue weighted by Gasteiger charge is -2.32. The number of unbranched alkanes of at least 4 members (excludes halogenated alkanes) is 1. The van der Waals surface area contributed by atoms with Crippen LogP contribution >= 0.6 is 0 Å². The third kappa shape index (κ3) is 4.81. The van der Waals surface area contributed by atoms with Crippen LogP contribution in [-0.4, -0.2) is 35.3 Å². The van der Waals surface area contributed by atoms with Gasteiger partial charge < -0.3 is 20.3 Å². The zero-order valence-corrected chi connectivity index (χ0v) is 14.3. The number of hydrogen-bond donors (Lipinski definition) is 3. The molecule has 6 nitrogen and oxygen atoms in total. The van der Waals surface area contributed by atoms with Gasteiger partial charge in [-0.25, -0.2) is 0 Å². The topological polar surface area (TPSA) is 87.4 Å². The number of carbonyl (C=O) groups is 1. The van der Waals surface area contributed by atoms with Crippen LogP contribution in [0.15, 0.2) is 4.52 Å². The Bertz CT molecular complexity index is 483. The number of carbonyl (C=O) groups excluding carboxylic acids is 1. The van der Waals surface area contributed by atoms with E-state index in [-0.39, 0.29) is 29.7 Å². The fraction of sp³-hybridized carbons (Fsp3) is 0.750. The van der Waals surface area contributed by atoms with Crippen molar-refractivity contribution in [2.75, 3.05) is 13.1 Å². The predicted octanol–water partition coefficient (Wildman–Crippen LogP) is 2.01. The molecule has 0 spiro atoms. The number of aliphatic hydroxyl groups excluding tert-OH is 1. The summed E-state index contributed by atoms with van der Waals surface area (Å²) in [4.78, 5) is 12.2. The second kappa shape index (κ2) is 8.29. The molecule has 1 aromatic heterocycles. The standard InChI is InChI=1S/C16H29N3O3/c1-6-7-8-17-12(3)16(4,5)10-18-15(21)14-11(2)13(9-20)22-19-14/h12,17,20H,6-10H2,1-5H3,(H,18,21). The number of aliphatic hydroxyl groups is 1. The third-order valence-corrected chi connectivity index (χ3v) is 4.24. The van der Waals surface area contributed by atoms with Gasteiger partial charge in [0.2, 0.25) is 0 Å². The first-order valence-corrected chi connectivity index (χ1v) is 7.91. The van der Waals surface area contributed by atoms with E-state index in [1.54, 1.807) is 6.92 Å². The van der Waals surface area contributed by atoms with Crippen LogP contribution < -0.4 is 10.6 Å². The largest absolute Gasteiger partial charge is 0.388 e. The van der Waals surface area contributed by atoms with Crippen molar-refractivity contribution in [3.05, 3.63) is 17.0 Å². The van der Waals surface area contributed by atoms with Gasteiger partial charge in [0.1, 0.15) is 6.61 Å². The molecule has 22 heavy (non-hydrogen) atoms. The molecule has 0 aliphatic heterocycles. The van der Waals surface area contributed by atoms with Gasteiger partial charge in [-0.3, -0.25) is 4.79 Å². The molecule has 0 radical (unpaired) electrons. The Morgan fingerprint density at radius 2 is 2.14 bits per heavy atom. The van der Waals surface area contributed by atoms with Crippen LogP contribution in [0.3, 0.4) is 0 Å². The first-order chi connectivity index (χ1) is 10.3. The number of hydrogen-bond acceptors (Lipinski definition) is 5. The van der Waals surface area contributed by atoms with Crippen LogP contribution in [-0.2, 0) is 6.61 Å². The molecule has 3 N–H and O–H groups in total. The summed E-state index contributed by atoms with van der Waals surface area (Å²) >= 11 is 0. The number of amides is 1. The Hall–Kier alpha value is -1.40. The Morgan fingerprint density at radius 3 is 2.68 bits per heavy atom. The number of aromatic nitrogens is 1. The molecule has 0 saturated heterocycles. The van der Waals surface area contributed by atoms with E-state index in [2.05, 4.69) is 43.5 Å². The smallest absolute Gasteiger partial charge is 0.273 e. The van der Waals surface area contributed by atoms with Gasteiger partial charge in [0, 0.05) is 18.2 Å². The van der Waals surface area contributed by atoms with Crippen LogP contribution in [0.5, 0.6) is 0 Å². The van der Waals surface area contributed by atoms with Crippen molar-refractivity contribution in [3.8, 4) is 0 Å². The highest BCUT2D eigenvalue weighted by molar-refractivity contribution is 5.93. The molecule has 0 fully saturated rings. The average molecular weight is 311 g/mol. The van der Waals surface area contributed by atoms with Gasteiger partial charge in [0.25, 0.3) is 5.91 Å². The van der Waals surface area contributed by atoms with Gasteiger partial charge in [-0.15, -0.1) is 0 Å². The minimum Gasteiger partial charge on any atom is -0.388 e. The van der Waals surface area contributed by atoms with Crippen molar-refractivity contribution in [2.45, 2.75) is 60.1 Å². The van der Waals surface area contributed by atoms with Gasteiger partial charge >= 0.3 is 0 Å². The van der Waals surface area contributed by atoms with E-state index in [9.17, 15) is 4.79 Å². The minimum atomic E-state index is -0.269. The van der Waals surface area contributed by atoms with E-state index in [0.717, 1.165) is 19.4 Å². The van der Waals surface area contributed by atoms with Crippen LogP contribution in [0, 0.1) is 12.3 Å². The Morgan fingerprint density at radius 1 is 1.45 bits per heavy atom. The summed E-state index contributed by atoms with van der Waals surface area (Å²) in [7, 11) is 0. The Labute approximate surface area is 132 Å². The highest BCUT2D eigenvalue weighted by Crippen LogP contribution is 2.20. The van der Waals surface area contributed by atoms with Crippen LogP contribution in [0.2, 0.25) is 0 Å². The highest BCUT2D eigenvalue weighted by Gasteiger charge is 2.27. The zero-order valence-electron chi connectivity index (χ0n) is 14.3. The van der Waals surface area contributed by atoms with E-state index >= 15 is 0 Å². The molecule has 1 heterocycles. The molecular weight excluding hydrogens is 282 g/mol. The molecular formula is C16H29N3O3.